The Labute approximate surface area is 113 Å². The van der Waals surface area contributed by atoms with Gasteiger partial charge in [0.1, 0.15) is 0 Å². The Kier molecular flexibility index (Phi) is 3.99. The molecule has 1 aromatic rings. The van der Waals surface area contributed by atoms with Crippen LogP contribution in [0.2, 0.25) is 0 Å². The van der Waals surface area contributed by atoms with Gasteiger partial charge >= 0.3 is 5.97 Å². The smallest absolute Gasteiger partial charge is 0.305 e. The third-order valence-electron chi connectivity index (χ3n) is 2.82. The van der Waals surface area contributed by atoms with Gasteiger partial charge in [-0.25, -0.2) is 0 Å². The summed E-state index contributed by atoms with van der Waals surface area (Å²) >= 11 is 5.38. The number of anilines is 1. The molecule has 1 aliphatic heterocycles. The second-order valence-corrected chi connectivity index (χ2v) is 6.00. The molecular weight excluding hydrogens is 302 g/mol. The van der Waals surface area contributed by atoms with E-state index in [4.69, 9.17) is 5.11 Å². The number of nitrogens with zero attached hydrogens (tertiary/aromatic N) is 1. The average Bonchev–Trinajstić information content (AvgIpc) is 2.28. The number of hydrogen-bond donors (Lipinski definition) is 1. The first-order valence-electron chi connectivity index (χ1n) is 5.49. The van der Waals surface area contributed by atoms with E-state index in [2.05, 4.69) is 33.8 Å². The fraction of sp³-hybridized carbons (Fsp3) is 0.417. The van der Waals surface area contributed by atoms with Crippen molar-refractivity contribution in [2.45, 2.75) is 24.3 Å². The summed E-state index contributed by atoms with van der Waals surface area (Å²) in [5.41, 5.74) is 1.14. The summed E-state index contributed by atoms with van der Waals surface area (Å²) in [5.74, 6) is 0.257. The zero-order valence-electron chi connectivity index (χ0n) is 9.52. The zero-order valence-corrected chi connectivity index (χ0v) is 11.9. The molecule has 0 amide bonds. The topological polar surface area (TPSA) is 40.5 Å². The lowest BCUT2D eigenvalue weighted by molar-refractivity contribution is -0.136. The third kappa shape index (κ3) is 2.77. The summed E-state index contributed by atoms with van der Waals surface area (Å²) < 4.78 is 1.04. The minimum atomic E-state index is -0.746. The number of aliphatic carboxylic acids is 1. The van der Waals surface area contributed by atoms with Gasteiger partial charge in [0.2, 0.25) is 0 Å². The molecule has 0 radical (unpaired) electrons. The number of thioether (sulfide) groups is 1. The fourth-order valence-electron chi connectivity index (χ4n) is 1.96. The van der Waals surface area contributed by atoms with Crippen molar-refractivity contribution in [2.75, 3.05) is 17.2 Å². The summed E-state index contributed by atoms with van der Waals surface area (Å²) in [5, 5.41) is 8.80. The number of carboxylic acids is 1. The molecule has 1 aromatic carbocycles. The van der Waals surface area contributed by atoms with Gasteiger partial charge in [-0.3, -0.25) is 4.79 Å². The van der Waals surface area contributed by atoms with Crippen LogP contribution in [0.1, 0.15) is 13.3 Å². The summed E-state index contributed by atoms with van der Waals surface area (Å²) in [6.07, 6.45) is 0.176. The van der Waals surface area contributed by atoms with Crippen molar-refractivity contribution in [1.82, 2.24) is 0 Å². The van der Waals surface area contributed by atoms with E-state index < -0.39 is 5.97 Å². The maximum atomic E-state index is 10.7. The quantitative estimate of drug-likeness (QED) is 0.929. The van der Waals surface area contributed by atoms with E-state index in [1.807, 2.05) is 23.9 Å². The summed E-state index contributed by atoms with van der Waals surface area (Å²) in [7, 11) is 0. The van der Waals surface area contributed by atoms with Gasteiger partial charge in [0.25, 0.3) is 0 Å². The van der Waals surface area contributed by atoms with Gasteiger partial charge in [0, 0.05) is 27.7 Å². The van der Waals surface area contributed by atoms with Crippen LogP contribution in [0.25, 0.3) is 0 Å². The minimum Gasteiger partial charge on any atom is -0.481 e. The van der Waals surface area contributed by atoms with Gasteiger partial charge in [-0.1, -0.05) is 6.07 Å². The molecule has 0 saturated heterocycles. The van der Waals surface area contributed by atoms with Crippen molar-refractivity contribution < 1.29 is 9.90 Å². The van der Waals surface area contributed by atoms with Crippen molar-refractivity contribution in [3.8, 4) is 0 Å². The number of halogens is 1. The molecular formula is C12H14BrNO2S. The first kappa shape index (κ1) is 12.8. The van der Waals surface area contributed by atoms with Crippen molar-refractivity contribution in [2.24, 2.45) is 0 Å². The lowest BCUT2D eigenvalue weighted by atomic mass is 10.2. The third-order valence-corrected chi connectivity index (χ3v) is 4.75. The number of hydrogen-bond acceptors (Lipinski definition) is 3. The van der Waals surface area contributed by atoms with Crippen LogP contribution in [-0.2, 0) is 4.79 Å². The van der Waals surface area contributed by atoms with Crippen LogP contribution in [0, 0.1) is 0 Å². The number of carbonyl (C=O) groups is 1. The average molecular weight is 316 g/mol. The molecule has 0 spiro atoms. The number of carboxylic acid groups (broad SMARTS) is 1. The summed E-state index contributed by atoms with van der Waals surface area (Å²) in [4.78, 5) is 14.1. The van der Waals surface area contributed by atoms with Crippen LogP contribution in [-0.4, -0.2) is 29.4 Å². The monoisotopic (exact) mass is 315 g/mol. The Balaban J connectivity index is 2.29. The lowest BCUT2D eigenvalue weighted by Gasteiger charge is -2.37. The number of rotatable bonds is 3. The highest BCUT2D eigenvalue weighted by molar-refractivity contribution is 9.10. The molecule has 1 atom stereocenters. The van der Waals surface area contributed by atoms with Gasteiger partial charge < -0.3 is 10.0 Å². The molecule has 1 N–H and O–H groups in total. The van der Waals surface area contributed by atoms with Crippen LogP contribution in [0.15, 0.2) is 27.6 Å². The first-order chi connectivity index (χ1) is 8.09. The molecule has 1 aliphatic rings. The Morgan fingerprint density at radius 3 is 3.12 bits per heavy atom. The van der Waals surface area contributed by atoms with Crippen LogP contribution in [0.4, 0.5) is 5.69 Å². The largest absolute Gasteiger partial charge is 0.481 e. The molecule has 0 aliphatic carbocycles. The van der Waals surface area contributed by atoms with Crippen molar-refractivity contribution in [3.05, 3.63) is 22.7 Å². The lowest BCUT2D eigenvalue weighted by Crippen LogP contribution is -2.39. The fourth-order valence-corrected chi connectivity index (χ4v) is 3.82. The van der Waals surface area contributed by atoms with Gasteiger partial charge in [0.15, 0.2) is 0 Å². The van der Waals surface area contributed by atoms with Crippen molar-refractivity contribution >= 4 is 39.3 Å². The number of fused-ring (bicyclic) bond motifs is 1. The van der Waals surface area contributed by atoms with Gasteiger partial charge in [0.05, 0.1) is 12.1 Å². The molecule has 17 heavy (non-hydrogen) atoms. The van der Waals surface area contributed by atoms with Gasteiger partial charge in [-0.2, -0.15) is 0 Å². The highest BCUT2D eigenvalue weighted by atomic mass is 79.9. The van der Waals surface area contributed by atoms with Crippen LogP contribution in [0.3, 0.4) is 0 Å². The summed E-state index contributed by atoms with van der Waals surface area (Å²) in [6, 6.07) is 6.47. The van der Waals surface area contributed by atoms with E-state index in [1.54, 1.807) is 0 Å². The van der Waals surface area contributed by atoms with E-state index in [9.17, 15) is 4.79 Å². The predicted molar refractivity (Wildman–Crippen MR) is 73.9 cm³/mol. The van der Waals surface area contributed by atoms with Crippen molar-refractivity contribution in [3.63, 3.8) is 0 Å². The van der Waals surface area contributed by atoms with E-state index in [0.717, 1.165) is 15.9 Å². The maximum absolute atomic E-state index is 10.7. The molecule has 0 saturated carbocycles. The van der Waals surface area contributed by atoms with E-state index >= 15 is 0 Å². The standard InChI is InChI=1S/C12H14BrNO2S/c1-8-7-17-10-4-2-3-9(13)12(10)14(8)6-5-11(15)16/h2-4,8H,5-7H2,1H3,(H,15,16). The molecule has 2 rings (SSSR count). The Bertz CT molecular complexity index is 439. The highest BCUT2D eigenvalue weighted by Crippen LogP contribution is 2.41. The minimum absolute atomic E-state index is 0.176. The Morgan fingerprint density at radius 1 is 1.65 bits per heavy atom. The van der Waals surface area contributed by atoms with E-state index in [-0.39, 0.29) is 6.42 Å². The molecule has 0 bridgehead atoms. The van der Waals surface area contributed by atoms with Crippen LogP contribution in [0.5, 0.6) is 0 Å². The summed E-state index contributed by atoms with van der Waals surface area (Å²) in [6.45, 7) is 2.70. The van der Waals surface area contributed by atoms with Crippen LogP contribution < -0.4 is 4.90 Å². The molecule has 3 nitrogen and oxygen atoms in total. The zero-order chi connectivity index (χ0) is 12.4. The van der Waals surface area contributed by atoms with E-state index in [0.29, 0.717) is 12.6 Å². The predicted octanol–water partition coefficient (Wildman–Crippen LogP) is 3.22. The second-order valence-electron chi connectivity index (χ2n) is 4.08. The molecule has 0 fully saturated rings. The molecule has 0 aromatic heterocycles. The van der Waals surface area contributed by atoms with Crippen molar-refractivity contribution in [1.29, 1.82) is 0 Å². The number of para-hydroxylation sites is 1. The maximum Gasteiger partial charge on any atom is 0.305 e. The molecule has 1 unspecified atom stereocenters. The first-order valence-corrected chi connectivity index (χ1v) is 7.27. The number of benzene rings is 1. The molecule has 1 heterocycles. The normalized spacial score (nSPS) is 18.9. The molecule has 5 heteroatoms. The Hall–Kier alpha value is -0.680. The van der Waals surface area contributed by atoms with Gasteiger partial charge in [-0.05, 0) is 35.0 Å². The van der Waals surface area contributed by atoms with Crippen LogP contribution >= 0.6 is 27.7 Å². The molecule has 92 valence electrons. The second kappa shape index (κ2) is 5.31. The van der Waals surface area contributed by atoms with Gasteiger partial charge in [-0.15, -0.1) is 11.8 Å². The highest BCUT2D eigenvalue weighted by Gasteiger charge is 2.25. The Morgan fingerprint density at radius 2 is 2.41 bits per heavy atom. The van der Waals surface area contributed by atoms with E-state index in [1.165, 1.54) is 4.90 Å². The SMILES string of the molecule is CC1CSc2cccc(Br)c2N1CCC(=O)O.